The van der Waals surface area contributed by atoms with Crippen LogP contribution >= 0.6 is 15.9 Å². The van der Waals surface area contributed by atoms with Crippen LogP contribution in [-0.2, 0) is 9.59 Å². The predicted octanol–water partition coefficient (Wildman–Crippen LogP) is 1.18. The highest BCUT2D eigenvalue weighted by molar-refractivity contribution is 9.10. The van der Waals surface area contributed by atoms with Gasteiger partial charge in [0.1, 0.15) is 23.2 Å². The first-order chi connectivity index (χ1) is 9.72. The van der Waals surface area contributed by atoms with E-state index in [1.54, 1.807) is 0 Å². The molecule has 1 atom stereocenters. The van der Waals surface area contributed by atoms with E-state index in [9.17, 15) is 23.2 Å². The molecule has 0 aliphatic heterocycles. The predicted molar refractivity (Wildman–Crippen MR) is 71.4 cm³/mol. The lowest BCUT2D eigenvalue weighted by molar-refractivity contribution is -0.139. The minimum atomic E-state index is -1.48. The second-order valence-electron chi connectivity index (χ2n) is 4.11. The number of amides is 2. The van der Waals surface area contributed by atoms with E-state index >= 15 is 0 Å². The minimum absolute atomic E-state index is 0.0950. The maximum atomic E-state index is 13.6. The number of carboxylic acids is 1. The largest absolute Gasteiger partial charge is 0.480 e. The fourth-order valence-electron chi connectivity index (χ4n) is 1.53. The van der Waals surface area contributed by atoms with Gasteiger partial charge in [0.05, 0.1) is 0 Å². The molecule has 0 spiro atoms. The summed E-state index contributed by atoms with van der Waals surface area (Å²) in [6.07, 6.45) is -0.571. The van der Waals surface area contributed by atoms with Crippen LogP contribution in [0.2, 0.25) is 0 Å². The molecule has 1 aromatic rings. The van der Waals surface area contributed by atoms with E-state index in [1.165, 1.54) is 0 Å². The highest BCUT2D eigenvalue weighted by Crippen LogP contribution is 2.19. The van der Waals surface area contributed by atoms with E-state index in [1.807, 2.05) is 5.32 Å². The van der Waals surface area contributed by atoms with E-state index in [0.29, 0.717) is 0 Å². The van der Waals surface area contributed by atoms with Crippen LogP contribution in [0, 0.1) is 11.6 Å². The van der Waals surface area contributed by atoms with E-state index in [0.717, 1.165) is 12.1 Å². The number of rotatable bonds is 6. The average Bonchev–Trinajstić information content (AvgIpc) is 2.32. The number of halogens is 3. The molecule has 1 unspecified atom stereocenters. The highest BCUT2D eigenvalue weighted by atomic mass is 79.9. The molecule has 1 aromatic carbocycles. The normalized spacial score (nSPS) is 11.8. The van der Waals surface area contributed by atoms with Crippen LogP contribution < -0.4 is 11.1 Å². The third-order valence-corrected chi connectivity index (χ3v) is 2.97. The molecule has 2 amide bonds. The molecule has 0 radical (unpaired) electrons. The fraction of sp³-hybridized carbons (Fsp3) is 0.250. The number of hydrogen-bond donors (Lipinski definition) is 3. The maximum absolute atomic E-state index is 13.6. The Kier molecular flexibility index (Phi) is 5.77. The van der Waals surface area contributed by atoms with Crippen LogP contribution in [0.4, 0.5) is 8.78 Å². The highest BCUT2D eigenvalue weighted by Gasteiger charge is 2.25. The lowest BCUT2D eigenvalue weighted by Gasteiger charge is -2.14. The van der Waals surface area contributed by atoms with Crippen molar-refractivity contribution in [2.75, 3.05) is 0 Å². The molecule has 6 nitrogen and oxygen atoms in total. The molecular formula is C12H11BrF2N2O4. The van der Waals surface area contributed by atoms with Crippen molar-refractivity contribution in [3.05, 3.63) is 33.8 Å². The van der Waals surface area contributed by atoms with Crippen molar-refractivity contribution in [2.24, 2.45) is 5.73 Å². The molecular weight excluding hydrogens is 354 g/mol. The fourth-order valence-corrected chi connectivity index (χ4v) is 1.94. The third-order valence-electron chi connectivity index (χ3n) is 2.52. The van der Waals surface area contributed by atoms with Crippen LogP contribution in [-0.4, -0.2) is 28.9 Å². The molecule has 21 heavy (non-hydrogen) atoms. The zero-order valence-electron chi connectivity index (χ0n) is 10.5. The molecule has 9 heteroatoms. The van der Waals surface area contributed by atoms with Crippen molar-refractivity contribution in [3.8, 4) is 0 Å². The van der Waals surface area contributed by atoms with Crippen molar-refractivity contribution < 1.29 is 28.3 Å². The number of nitrogens with two attached hydrogens (primary N) is 1. The Morgan fingerprint density at radius 3 is 2.24 bits per heavy atom. The Morgan fingerprint density at radius 1 is 1.29 bits per heavy atom. The van der Waals surface area contributed by atoms with Crippen molar-refractivity contribution >= 4 is 33.7 Å². The molecule has 0 aromatic heterocycles. The van der Waals surface area contributed by atoms with E-state index in [2.05, 4.69) is 15.9 Å². The lowest BCUT2D eigenvalue weighted by Crippen LogP contribution is -2.42. The van der Waals surface area contributed by atoms with Crippen LogP contribution in [0.25, 0.3) is 0 Å². The maximum Gasteiger partial charge on any atom is 0.326 e. The van der Waals surface area contributed by atoms with Crippen molar-refractivity contribution in [1.29, 1.82) is 0 Å². The molecule has 0 saturated carbocycles. The van der Waals surface area contributed by atoms with Crippen molar-refractivity contribution in [1.82, 2.24) is 5.32 Å². The monoisotopic (exact) mass is 364 g/mol. The van der Waals surface area contributed by atoms with E-state index < -0.39 is 41.0 Å². The second kappa shape index (κ2) is 7.11. The Labute approximate surface area is 126 Å². The first-order valence-electron chi connectivity index (χ1n) is 5.69. The molecule has 0 saturated heterocycles. The van der Waals surface area contributed by atoms with Crippen molar-refractivity contribution in [3.63, 3.8) is 0 Å². The first-order valence-corrected chi connectivity index (χ1v) is 6.48. The summed E-state index contributed by atoms with van der Waals surface area (Å²) in [5.74, 6) is -5.70. The van der Waals surface area contributed by atoms with Crippen LogP contribution in [0.3, 0.4) is 0 Å². The van der Waals surface area contributed by atoms with Gasteiger partial charge in [0, 0.05) is 10.9 Å². The molecule has 1 rings (SSSR count). The van der Waals surface area contributed by atoms with Gasteiger partial charge in [-0.05, 0) is 18.6 Å². The number of primary amides is 1. The molecule has 4 N–H and O–H groups in total. The minimum Gasteiger partial charge on any atom is -0.480 e. The van der Waals surface area contributed by atoms with Gasteiger partial charge in [0.15, 0.2) is 0 Å². The molecule has 0 heterocycles. The van der Waals surface area contributed by atoms with Gasteiger partial charge in [-0.15, -0.1) is 0 Å². The number of nitrogens with one attached hydrogen (secondary N) is 1. The third kappa shape index (κ3) is 4.78. The van der Waals surface area contributed by atoms with Gasteiger partial charge < -0.3 is 16.2 Å². The molecule has 0 aliphatic rings. The summed E-state index contributed by atoms with van der Waals surface area (Å²) < 4.78 is 27.2. The summed E-state index contributed by atoms with van der Waals surface area (Å²) in [6, 6.07) is 0.265. The van der Waals surface area contributed by atoms with E-state index in [-0.39, 0.29) is 17.3 Å². The van der Waals surface area contributed by atoms with Crippen LogP contribution in [0.1, 0.15) is 23.2 Å². The van der Waals surface area contributed by atoms with Gasteiger partial charge in [-0.1, -0.05) is 15.9 Å². The molecule has 114 valence electrons. The summed E-state index contributed by atoms with van der Waals surface area (Å²) in [4.78, 5) is 33.3. The Morgan fingerprint density at radius 2 is 1.81 bits per heavy atom. The zero-order chi connectivity index (χ0) is 16.2. The van der Waals surface area contributed by atoms with Gasteiger partial charge >= 0.3 is 5.97 Å². The van der Waals surface area contributed by atoms with Gasteiger partial charge in [-0.3, -0.25) is 9.59 Å². The van der Waals surface area contributed by atoms with Gasteiger partial charge in [-0.2, -0.15) is 0 Å². The molecule has 0 aliphatic carbocycles. The van der Waals surface area contributed by atoms with Gasteiger partial charge in [0.2, 0.25) is 5.91 Å². The first kappa shape index (κ1) is 17.0. The van der Waals surface area contributed by atoms with Crippen LogP contribution in [0.15, 0.2) is 16.6 Å². The smallest absolute Gasteiger partial charge is 0.326 e. The van der Waals surface area contributed by atoms with Gasteiger partial charge in [-0.25, -0.2) is 13.6 Å². The lowest BCUT2D eigenvalue weighted by atomic mass is 10.1. The summed E-state index contributed by atoms with van der Waals surface area (Å²) in [5, 5.41) is 10.9. The quantitative estimate of drug-likeness (QED) is 0.703. The zero-order valence-corrected chi connectivity index (χ0v) is 12.1. The number of aliphatic carboxylic acids is 1. The second-order valence-corrected chi connectivity index (χ2v) is 5.03. The topological polar surface area (TPSA) is 109 Å². The number of hydrogen-bond acceptors (Lipinski definition) is 3. The Hall–Kier alpha value is -2.03. The number of carbonyl (C=O) groups excluding carboxylic acids is 2. The number of carbonyl (C=O) groups is 3. The van der Waals surface area contributed by atoms with Crippen LogP contribution in [0.5, 0.6) is 0 Å². The average molecular weight is 365 g/mol. The number of benzene rings is 1. The van der Waals surface area contributed by atoms with Crippen molar-refractivity contribution in [2.45, 2.75) is 18.9 Å². The Bertz CT molecular complexity index is 572. The Balaban J connectivity index is 2.92. The molecule has 0 fully saturated rings. The number of carboxylic acid groups (broad SMARTS) is 1. The SMILES string of the molecule is NC(=O)CCC(NC(=O)c1c(F)cc(Br)cc1F)C(=O)O. The summed E-state index contributed by atoms with van der Waals surface area (Å²) in [6.45, 7) is 0. The van der Waals surface area contributed by atoms with E-state index in [4.69, 9.17) is 10.8 Å². The summed E-state index contributed by atoms with van der Waals surface area (Å²) >= 11 is 2.85. The summed E-state index contributed by atoms with van der Waals surface area (Å²) in [5.41, 5.74) is 3.98. The van der Waals surface area contributed by atoms with Gasteiger partial charge in [0.25, 0.3) is 5.91 Å². The molecule has 0 bridgehead atoms. The summed E-state index contributed by atoms with van der Waals surface area (Å²) in [7, 11) is 0. The standard InChI is InChI=1S/C12H11BrF2N2O4/c13-5-3-6(14)10(7(15)4-5)11(19)17-8(12(20)21)1-2-9(16)18/h3-4,8H,1-2H2,(H2,16,18)(H,17,19)(H,20,21).